The number of alkyl halides is 3. The van der Waals surface area contributed by atoms with Crippen molar-refractivity contribution in [1.82, 2.24) is 10.2 Å². The lowest BCUT2D eigenvalue weighted by Gasteiger charge is -2.32. The Bertz CT molecular complexity index is 524. The lowest BCUT2D eigenvalue weighted by Crippen LogP contribution is -2.41. The van der Waals surface area contributed by atoms with Gasteiger partial charge in [-0.15, -0.1) is 0 Å². The van der Waals surface area contributed by atoms with E-state index in [2.05, 4.69) is 5.32 Å². The van der Waals surface area contributed by atoms with Crippen LogP contribution in [0.4, 0.5) is 13.2 Å². The number of piperidine rings is 1. The van der Waals surface area contributed by atoms with Crippen molar-refractivity contribution in [2.24, 2.45) is 5.92 Å². The van der Waals surface area contributed by atoms with E-state index < -0.39 is 11.7 Å². The predicted octanol–water partition coefficient (Wildman–Crippen LogP) is 2.93. The Morgan fingerprint density at radius 2 is 1.88 bits per heavy atom. The molecule has 1 amide bonds. The Kier molecular flexibility index (Phi) is 6.48. The van der Waals surface area contributed by atoms with Crippen molar-refractivity contribution in [1.29, 1.82) is 0 Å². The molecule has 1 aromatic rings. The van der Waals surface area contributed by atoms with Gasteiger partial charge in [0, 0.05) is 13.1 Å². The van der Waals surface area contributed by atoms with Crippen molar-refractivity contribution >= 4 is 5.91 Å². The average molecular weight is 344 g/mol. The molecule has 1 aromatic carbocycles. The molecular formula is C17H23F3N2O2. The average Bonchev–Trinajstić information content (AvgIpc) is 2.58. The van der Waals surface area contributed by atoms with Gasteiger partial charge in [-0.2, -0.15) is 13.2 Å². The summed E-state index contributed by atoms with van der Waals surface area (Å²) in [5.41, 5.74) is -0.732. The van der Waals surface area contributed by atoms with Gasteiger partial charge in [-0.3, -0.25) is 4.79 Å². The fourth-order valence-corrected chi connectivity index (χ4v) is 2.80. The number of amides is 1. The largest absolute Gasteiger partial charge is 0.484 e. The second kappa shape index (κ2) is 8.37. The Balaban J connectivity index is 1.75. The molecule has 134 valence electrons. The third kappa shape index (κ3) is 5.40. The van der Waals surface area contributed by atoms with Crippen molar-refractivity contribution < 1.29 is 22.7 Å². The van der Waals surface area contributed by atoms with Gasteiger partial charge in [0.05, 0.1) is 5.56 Å². The number of carbonyl (C=O) groups excluding carboxylic acids is 1. The third-order valence-electron chi connectivity index (χ3n) is 4.31. The van der Waals surface area contributed by atoms with Crippen molar-refractivity contribution in [2.75, 3.05) is 33.3 Å². The van der Waals surface area contributed by atoms with Crippen molar-refractivity contribution in [2.45, 2.75) is 25.4 Å². The Hall–Kier alpha value is -1.76. The third-order valence-corrected chi connectivity index (χ3v) is 4.31. The number of ether oxygens (including phenoxy) is 1. The number of nitrogens with zero attached hydrogens (tertiary/aromatic N) is 1. The number of nitrogens with one attached hydrogen (secondary N) is 1. The zero-order valence-corrected chi connectivity index (χ0v) is 13.7. The van der Waals surface area contributed by atoms with E-state index >= 15 is 0 Å². The van der Waals surface area contributed by atoms with Crippen LogP contribution in [0.1, 0.15) is 24.8 Å². The summed E-state index contributed by atoms with van der Waals surface area (Å²) in [5.74, 6) is 0.777. The quantitative estimate of drug-likeness (QED) is 0.863. The van der Waals surface area contributed by atoms with Gasteiger partial charge in [0.2, 0.25) is 0 Å². The first-order chi connectivity index (χ1) is 11.4. The lowest BCUT2D eigenvalue weighted by molar-refractivity contribution is -0.138. The van der Waals surface area contributed by atoms with Gasteiger partial charge in [-0.1, -0.05) is 0 Å². The molecular weight excluding hydrogens is 321 g/mol. The van der Waals surface area contributed by atoms with Gasteiger partial charge in [0.25, 0.3) is 5.91 Å². The molecule has 24 heavy (non-hydrogen) atoms. The minimum Gasteiger partial charge on any atom is -0.484 e. The molecule has 1 aliphatic heterocycles. The van der Waals surface area contributed by atoms with E-state index in [0.29, 0.717) is 19.0 Å². The SMILES string of the molecule is CNCCC1CCN(C(=O)COc2ccc(C(F)(F)F)cc2)CC1. The molecule has 1 aliphatic rings. The van der Waals surface area contributed by atoms with Gasteiger partial charge in [0.1, 0.15) is 5.75 Å². The smallest absolute Gasteiger partial charge is 0.416 e. The van der Waals surface area contributed by atoms with Crippen LogP contribution in [0.3, 0.4) is 0 Å². The molecule has 0 atom stereocenters. The molecule has 7 heteroatoms. The molecule has 2 rings (SSSR count). The molecule has 0 radical (unpaired) electrons. The van der Waals surface area contributed by atoms with Gasteiger partial charge in [0.15, 0.2) is 6.61 Å². The van der Waals surface area contributed by atoms with E-state index in [4.69, 9.17) is 4.74 Å². The number of likely N-dealkylation sites (tertiary alicyclic amines) is 1. The highest BCUT2D eigenvalue weighted by atomic mass is 19.4. The van der Waals surface area contributed by atoms with Crippen LogP contribution in [-0.4, -0.2) is 44.1 Å². The van der Waals surface area contributed by atoms with Crippen LogP contribution in [0.25, 0.3) is 0 Å². The van der Waals surface area contributed by atoms with E-state index in [-0.39, 0.29) is 18.3 Å². The summed E-state index contributed by atoms with van der Waals surface area (Å²) in [6.07, 6.45) is -1.30. The zero-order valence-electron chi connectivity index (χ0n) is 13.7. The second-order valence-electron chi connectivity index (χ2n) is 6.03. The van der Waals surface area contributed by atoms with E-state index in [0.717, 1.165) is 37.9 Å². The molecule has 0 bridgehead atoms. The maximum absolute atomic E-state index is 12.5. The monoisotopic (exact) mass is 344 g/mol. The van der Waals surface area contributed by atoms with Gasteiger partial charge >= 0.3 is 6.18 Å². The van der Waals surface area contributed by atoms with Crippen LogP contribution in [-0.2, 0) is 11.0 Å². The van der Waals surface area contributed by atoms with Gasteiger partial charge in [-0.25, -0.2) is 0 Å². The standard InChI is InChI=1S/C17H23F3N2O2/c1-21-9-6-13-7-10-22(11-8-13)16(23)12-24-15-4-2-14(3-5-15)17(18,19)20/h2-5,13,21H,6-12H2,1H3. The lowest BCUT2D eigenvalue weighted by atomic mass is 9.93. The molecule has 0 saturated carbocycles. The van der Waals surface area contributed by atoms with E-state index in [1.54, 1.807) is 4.90 Å². The highest BCUT2D eigenvalue weighted by molar-refractivity contribution is 5.77. The number of rotatable bonds is 6. The second-order valence-corrected chi connectivity index (χ2v) is 6.03. The Morgan fingerprint density at radius 1 is 1.25 bits per heavy atom. The first-order valence-electron chi connectivity index (χ1n) is 8.12. The fraction of sp³-hybridized carbons (Fsp3) is 0.588. The summed E-state index contributed by atoms with van der Waals surface area (Å²) in [6, 6.07) is 4.38. The highest BCUT2D eigenvalue weighted by Gasteiger charge is 2.30. The molecule has 1 fully saturated rings. The minimum atomic E-state index is -4.37. The topological polar surface area (TPSA) is 41.6 Å². The van der Waals surface area contributed by atoms with Crippen LogP contribution >= 0.6 is 0 Å². The van der Waals surface area contributed by atoms with Crippen molar-refractivity contribution in [3.8, 4) is 5.75 Å². The molecule has 0 aromatic heterocycles. The summed E-state index contributed by atoms with van der Waals surface area (Å²) in [5, 5.41) is 3.13. The molecule has 1 saturated heterocycles. The molecule has 4 nitrogen and oxygen atoms in total. The molecule has 0 spiro atoms. The van der Waals surface area contributed by atoms with Crippen LogP contribution in [0.2, 0.25) is 0 Å². The minimum absolute atomic E-state index is 0.123. The number of benzene rings is 1. The van der Waals surface area contributed by atoms with Crippen LogP contribution in [0, 0.1) is 5.92 Å². The van der Waals surface area contributed by atoms with Crippen LogP contribution in [0.5, 0.6) is 5.75 Å². The highest BCUT2D eigenvalue weighted by Crippen LogP contribution is 2.30. The normalized spacial score (nSPS) is 16.2. The first kappa shape index (κ1) is 18.6. The zero-order chi connectivity index (χ0) is 17.6. The molecule has 1 heterocycles. The Labute approximate surface area is 140 Å². The fourth-order valence-electron chi connectivity index (χ4n) is 2.80. The molecule has 0 aliphatic carbocycles. The number of carbonyl (C=O) groups is 1. The van der Waals surface area contributed by atoms with E-state index in [1.807, 2.05) is 7.05 Å². The van der Waals surface area contributed by atoms with Crippen molar-refractivity contribution in [3.63, 3.8) is 0 Å². The molecule has 1 N–H and O–H groups in total. The van der Waals surface area contributed by atoms with Crippen LogP contribution < -0.4 is 10.1 Å². The number of hydrogen-bond acceptors (Lipinski definition) is 3. The summed E-state index contributed by atoms with van der Waals surface area (Å²) in [4.78, 5) is 13.9. The first-order valence-corrected chi connectivity index (χ1v) is 8.12. The summed E-state index contributed by atoms with van der Waals surface area (Å²) >= 11 is 0. The predicted molar refractivity (Wildman–Crippen MR) is 84.8 cm³/mol. The summed E-state index contributed by atoms with van der Waals surface area (Å²) in [6.45, 7) is 2.26. The maximum Gasteiger partial charge on any atom is 0.416 e. The summed E-state index contributed by atoms with van der Waals surface area (Å²) in [7, 11) is 1.93. The van der Waals surface area contributed by atoms with E-state index in [9.17, 15) is 18.0 Å². The number of hydrogen-bond donors (Lipinski definition) is 1. The molecule has 0 unspecified atom stereocenters. The Morgan fingerprint density at radius 3 is 2.42 bits per heavy atom. The maximum atomic E-state index is 12.5. The van der Waals surface area contributed by atoms with Gasteiger partial charge < -0.3 is 15.0 Å². The van der Waals surface area contributed by atoms with Crippen LogP contribution in [0.15, 0.2) is 24.3 Å². The van der Waals surface area contributed by atoms with Gasteiger partial charge in [-0.05, 0) is 63.0 Å². The van der Waals surface area contributed by atoms with Crippen molar-refractivity contribution in [3.05, 3.63) is 29.8 Å². The summed E-state index contributed by atoms with van der Waals surface area (Å²) < 4.78 is 42.8. The number of halogens is 3. The van der Waals surface area contributed by atoms with E-state index in [1.165, 1.54) is 12.1 Å².